The number of amides is 1. The second-order valence-electron chi connectivity index (χ2n) is 6.02. The summed E-state index contributed by atoms with van der Waals surface area (Å²) in [5.74, 6) is -0.00655. The third-order valence-electron chi connectivity index (χ3n) is 4.75. The topological polar surface area (TPSA) is 59.6 Å². The minimum atomic E-state index is -0.699. The van der Waals surface area contributed by atoms with Gasteiger partial charge in [-0.3, -0.25) is 4.79 Å². The predicted molar refractivity (Wildman–Crippen MR) is 83.5 cm³/mol. The first-order valence-corrected chi connectivity index (χ1v) is 7.98. The number of hydrogen-bond donors (Lipinski definition) is 2. The van der Waals surface area contributed by atoms with Crippen LogP contribution in [0.15, 0.2) is 30.3 Å². The van der Waals surface area contributed by atoms with Gasteiger partial charge in [-0.1, -0.05) is 30.3 Å². The van der Waals surface area contributed by atoms with Crippen molar-refractivity contribution < 1.29 is 14.3 Å². The van der Waals surface area contributed by atoms with Gasteiger partial charge in [-0.2, -0.15) is 0 Å². The fourth-order valence-corrected chi connectivity index (χ4v) is 3.36. The minimum Gasteiger partial charge on any atom is -0.371 e. The van der Waals surface area contributed by atoms with Gasteiger partial charge in [0, 0.05) is 13.7 Å². The molecule has 2 N–H and O–H groups in total. The van der Waals surface area contributed by atoms with E-state index in [1.165, 1.54) is 0 Å². The Labute approximate surface area is 131 Å². The summed E-state index contributed by atoms with van der Waals surface area (Å²) >= 11 is 0. The fraction of sp³-hybridized carbons (Fsp3) is 0.588. The van der Waals surface area contributed by atoms with E-state index in [2.05, 4.69) is 10.6 Å². The molecule has 5 nitrogen and oxygen atoms in total. The molecule has 2 unspecified atom stereocenters. The van der Waals surface area contributed by atoms with Crippen molar-refractivity contribution >= 4 is 5.91 Å². The zero-order chi connectivity index (χ0) is 15.4. The first kappa shape index (κ1) is 15.5. The Morgan fingerprint density at radius 1 is 1.32 bits per heavy atom. The van der Waals surface area contributed by atoms with Crippen molar-refractivity contribution in [2.24, 2.45) is 0 Å². The van der Waals surface area contributed by atoms with Crippen LogP contribution in [-0.4, -0.2) is 44.4 Å². The highest BCUT2D eigenvalue weighted by Gasteiger charge is 2.42. The van der Waals surface area contributed by atoms with Gasteiger partial charge in [0.2, 0.25) is 0 Å². The third kappa shape index (κ3) is 3.02. The molecule has 0 aromatic heterocycles. The van der Waals surface area contributed by atoms with E-state index in [-0.39, 0.29) is 18.1 Å². The molecule has 1 aromatic rings. The van der Waals surface area contributed by atoms with E-state index in [1.807, 2.05) is 30.3 Å². The first-order valence-electron chi connectivity index (χ1n) is 7.98. The molecule has 2 heterocycles. The molecule has 120 valence electrons. The predicted octanol–water partition coefficient (Wildman–Crippen LogP) is 1.40. The molecule has 5 heteroatoms. The van der Waals surface area contributed by atoms with Crippen LogP contribution >= 0.6 is 0 Å². The number of methoxy groups -OCH3 is 1. The lowest BCUT2D eigenvalue weighted by Gasteiger charge is -2.36. The molecule has 2 aliphatic heterocycles. The summed E-state index contributed by atoms with van der Waals surface area (Å²) in [4.78, 5) is 12.8. The lowest BCUT2D eigenvalue weighted by atomic mass is 9.90. The number of benzene rings is 1. The Bertz CT molecular complexity index is 500. The van der Waals surface area contributed by atoms with Crippen LogP contribution in [0, 0.1) is 0 Å². The van der Waals surface area contributed by atoms with Crippen molar-refractivity contribution in [2.75, 3.05) is 26.8 Å². The summed E-state index contributed by atoms with van der Waals surface area (Å²) < 4.78 is 11.4. The molecule has 2 aliphatic rings. The second-order valence-corrected chi connectivity index (χ2v) is 6.02. The third-order valence-corrected chi connectivity index (χ3v) is 4.75. The number of carbonyl (C=O) groups excluding carboxylic acids is 1. The highest BCUT2D eigenvalue weighted by atomic mass is 16.5. The fourth-order valence-electron chi connectivity index (χ4n) is 3.36. The van der Waals surface area contributed by atoms with Crippen LogP contribution < -0.4 is 10.6 Å². The highest BCUT2D eigenvalue weighted by Crippen LogP contribution is 2.30. The molecule has 0 saturated carbocycles. The van der Waals surface area contributed by atoms with Crippen molar-refractivity contribution in [2.45, 2.75) is 37.0 Å². The van der Waals surface area contributed by atoms with Crippen molar-refractivity contribution in [3.05, 3.63) is 35.9 Å². The van der Waals surface area contributed by atoms with Crippen LogP contribution in [-0.2, 0) is 14.3 Å². The summed E-state index contributed by atoms with van der Waals surface area (Å²) in [6, 6.07) is 10.1. The molecule has 22 heavy (non-hydrogen) atoms. The average molecular weight is 304 g/mol. The number of ether oxygens (including phenoxy) is 2. The van der Waals surface area contributed by atoms with E-state index < -0.39 is 5.60 Å². The van der Waals surface area contributed by atoms with Crippen LogP contribution in [0.4, 0.5) is 0 Å². The molecule has 0 spiro atoms. The Kier molecular flexibility index (Phi) is 4.76. The van der Waals surface area contributed by atoms with E-state index >= 15 is 0 Å². The maximum absolute atomic E-state index is 12.8. The Hall–Kier alpha value is -1.43. The number of piperidine rings is 1. The van der Waals surface area contributed by atoms with Gasteiger partial charge < -0.3 is 20.1 Å². The van der Waals surface area contributed by atoms with E-state index in [0.29, 0.717) is 19.4 Å². The molecule has 2 saturated heterocycles. The van der Waals surface area contributed by atoms with Crippen LogP contribution in [0.5, 0.6) is 0 Å². The average Bonchev–Trinajstić information content (AvgIpc) is 3.04. The molecule has 0 radical (unpaired) electrons. The van der Waals surface area contributed by atoms with Gasteiger partial charge in [-0.05, 0) is 37.9 Å². The Morgan fingerprint density at radius 2 is 2.05 bits per heavy atom. The van der Waals surface area contributed by atoms with E-state index in [9.17, 15) is 4.79 Å². The van der Waals surface area contributed by atoms with E-state index in [0.717, 1.165) is 25.1 Å². The van der Waals surface area contributed by atoms with Gasteiger partial charge in [-0.25, -0.2) is 0 Å². The van der Waals surface area contributed by atoms with Crippen LogP contribution in [0.2, 0.25) is 0 Å². The summed E-state index contributed by atoms with van der Waals surface area (Å²) in [5, 5.41) is 6.44. The summed E-state index contributed by atoms with van der Waals surface area (Å²) in [7, 11) is 1.63. The van der Waals surface area contributed by atoms with Gasteiger partial charge in [0.25, 0.3) is 5.91 Å². The molecule has 1 aromatic carbocycles. The number of rotatable bonds is 4. The molecular weight excluding hydrogens is 280 g/mol. The number of hydrogen-bond acceptors (Lipinski definition) is 4. The second kappa shape index (κ2) is 6.77. The van der Waals surface area contributed by atoms with Crippen molar-refractivity contribution in [1.82, 2.24) is 10.6 Å². The van der Waals surface area contributed by atoms with Crippen molar-refractivity contribution in [1.29, 1.82) is 0 Å². The van der Waals surface area contributed by atoms with Gasteiger partial charge in [-0.15, -0.1) is 0 Å². The lowest BCUT2D eigenvalue weighted by molar-refractivity contribution is -0.147. The Morgan fingerprint density at radius 3 is 2.73 bits per heavy atom. The van der Waals surface area contributed by atoms with Gasteiger partial charge in [0.05, 0.1) is 6.04 Å². The highest BCUT2D eigenvalue weighted by molar-refractivity contribution is 5.85. The standard InChI is InChI=1S/C17H24N2O3/c1-21-17(8-10-18-11-9-17)16(20)19-14-7-12-22-15(14)13-5-3-2-4-6-13/h2-6,14-15,18H,7-12H2,1H3,(H,19,20). The summed E-state index contributed by atoms with van der Waals surface area (Å²) in [5.41, 5.74) is 0.414. The van der Waals surface area contributed by atoms with Crippen LogP contribution in [0.25, 0.3) is 0 Å². The van der Waals surface area contributed by atoms with E-state index in [1.54, 1.807) is 7.11 Å². The molecule has 1 amide bonds. The first-order chi connectivity index (χ1) is 10.7. The van der Waals surface area contributed by atoms with Gasteiger partial charge >= 0.3 is 0 Å². The number of carbonyl (C=O) groups is 1. The molecule has 0 bridgehead atoms. The normalized spacial score (nSPS) is 27.5. The quantitative estimate of drug-likeness (QED) is 0.883. The maximum atomic E-state index is 12.8. The largest absolute Gasteiger partial charge is 0.371 e. The molecule has 2 atom stereocenters. The van der Waals surface area contributed by atoms with Crippen LogP contribution in [0.1, 0.15) is 30.9 Å². The monoisotopic (exact) mass is 304 g/mol. The summed E-state index contributed by atoms with van der Waals surface area (Å²) in [6.07, 6.45) is 2.18. The molecular formula is C17H24N2O3. The van der Waals surface area contributed by atoms with Gasteiger partial charge in [0.15, 0.2) is 0 Å². The minimum absolute atomic E-state index is 0.00655. The van der Waals surface area contributed by atoms with Crippen LogP contribution in [0.3, 0.4) is 0 Å². The smallest absolute Gasteiger partial charge is 0.252 e. The van der Waals surface area contributed by atoms with Gasteiger partial charge in [0.1, 0.15) is 11.7 Å². The zero-order valence-electron chi connectivity index (χ0n) is 13.0. The molecule has 2 fully saturated rings. The van der Waals surface area contributed by atoms with Crippen molar-refractivity contribution in [3.8, 4) is 0 Å². The Balaban J connectivity index is 1.70. The maximum Gasteiger partial charge on any atom is 0.252 e. The number of nitrogens with one attached hydrogen (secondary N) is 2. The SMILES string of the molecule is COC1(C(=O)NC2CCOC2c2ccccc2)CCNCC1. The zero-order valence-corrected chi connectivity index (χ0v) is 13.0. The summed E-state index contributed by atoms with van der Waals surface area (Å²) in [6.45, 7) is 2.29. The lowest BCUT2D eigenvalue weighted by Crippen LogP contribution is -2.56. The molecule has 0 aliphatic carbocycles. The van der Waals surface area contributed by atoms with Crippen molar-refractivity contribution in [3.63, 3.8) is 0 Å². The van der Waals surface area contributed by atoms with E-state index in [4.69, 9.17) is 9.47 Å². The molecule has 3 rings (SSSR count).